The minimum Gasteiger partial charge on any atom is -0.508 e. The maximum Gasteiger partial charge on any atom is 0.120 e. The molecule has 0 amide bonds. The Hall–Kier alpha value is -1.96. The van der Waals surface area contributed by atoms with Gasteiger partial charge in [0.25, 0.3) is 0 Å². The van der Waals surface area contributed by atoms with E-state index in [4.69, 9.17) is 0 Å². The number of hydrogen-bond acceptors (Lipinski definition) is 2. The minimum atomic E-state index is 0.0955. The van der Waals surface area contributed by atoms with Crippen LogP contribution in [0.2, 0.25) is 0 Å². The van der Waals surface area contributed by atoms with E-state index in [1.54, 1.807) is 6.07 Å². The lowest BCUT2D eigenvalue weighted by atomic mass is 9.86. The summed E-state index contributed by atoms with van der Waals surface area (Å²) in [6.45, 7) is 9.28. The number of aromatic hydroxyl groups is 1. The quantitative estimate of drug-likeness (QED) is 0.852. The lowest BCUT2D eigenvalue weighted by molar-refractivity contribution is 0.469. The summed E-state index contributed by atoms with van der Waals surface area (Å²) in [6, 6.07) is 14.0. The van der Waals surface area contributed by atoms with E-state index >= 15 is 0 Å². The average molecular weight is 269 g/mol. The van der Waals surface area contributed by atoms with Crippen LogP contribution in [0, 0.1) is 6.92 Å². The van der Waals surface area contributed by atoms with Crippen molar-refractivity contribution < 1.29 is 5.11 Å². The SMILES string of the molecule is Cc1ccc(O)c(CNc2ccccc2C(C)(C)C)c1. The van der Waals surface area contributed by atoms with Crippen molar-refractivity contribution in [3.8, 4) is 5.75 Å². The van der Waals surface area contributed by atoms with Gasteiger partial charge in [0, 0.05) is 17.8 Å². The standard InChI is InChI=1S/C18H23NO/c1-13-9-10-17(20)14(11-13)12-19-16-8-6-5-7-15(16)18(2,3)4/h5-11,19-20H,12H2,1-4H3. The van der Waals surface area contributed by atoms with Crippen LogP contribution in [0.25, 0.3) is 0 Å². The van der Waals surface area contributed by atoms with Gasteiger partial charge < -0.3 is 10.4 Å². The number of anilines is 1. The van der Waals surface area contributed by atoms with E-state index in [9.17, 15) is 5.11 Å². The summed E-state index contributed by atoms with van der Waals surface area (Å²) >= 11 is 0. The lowest BCUT2D eigenvalue weighted by Gasteiger charge is -2.23. The van der Waals surface area contributed by atoms with Gasteiger partial charge in [-0.2, -0.15) is 0 Å². The van der Waals surface area contributed by atoms with Gasteiger partial charge in [-0.15, -0.1) is 0 Å². The van der Waals surface area contributed by atoms with Crippen LogP contribution in [0.5, 0.6) is 5.75 Å². The molecule has 0 radical (unpaired) electrons. The van der Waals surface area contributed by atoms with Crippen molar-refractivity contribution >= 4 is 5.69 Å². The van der Waals surface area contributed by atoms with Gasteiger partial charge in [0.2, 0.25) is 0 Å². The van der Waals surface area contributed by atoms with Crippen molar-refractivity contribution in [3.05, 3.63) is 59.2 Å². The van der Waals surface area contributed by atoms with Crippen molar-refractivity contribution in [2.24, 2.45) is 0 Å². The number of hydrogen-bond donors (Lipinski definition) is 2. The molecule has 2 N–H and O–H groups in total. The summed E-state index contributed by atoms with van der Waals surface area (Å²) in [5.41, 5.74) is 4.59. The molecule has 0 saturated carbocycles. The fraction of sp³-hybridized carbons (Fsp3) is 0.333. The maximum absolute atomic E-state index is 9.90. The second-order valence-electron chi connectivity index (χ2n) is 6.28. The van der Waals surface area contributed by atoms with E-state index in [-0.39, 0.29) is 5.41 Å². The number of phenolic OH excluding ortho intramolecular Hbond substituents is 1. The summed E-state index contributed by atoms with van der Waals surface area (Å²) in [6.07, 6.45) is 0. The summed E-state index contributed by atoms with van der Waals surface area (Å²) < 4.78 is 0. The molecule has 2 aromatic carbocycles. The van der Waals surface area contributed by atoms with Crippen LogP contribution in [0.3, 0.4) is 0 Å². The van der Waals surface area contributed by atoms with E-state index in [1.165, 1.54) is 5.56 Å². The number of phenols is 1. The molecule has 0 heterocycles. The van der Waals surface area contributed by atoms with Gasteiger partial charge in [0.1, 0.15) is 5.75 Å². The number of aryl methyl sites for hydroxylation is 1. The predicted molar refractivity (Wildman–Crippen MR) is 85.3 cm³/mol. The van der Waals surface area contributed by atoms with E-state index in [1.807, 2.05) is 25.1 Å². The molecule has 0 saturated heterocycles. The third-order valence-electron chi connectivity index (χ3n) is 3.44. The highest BCUT2D eigenvalue weighted by molar-refractivity contribution is 5.55. The van der Waals surface area contributed by atoms with E-state index in [0.29, 0.717) is 12.3 Å². The zero-order valence-corrected chi connectivity index (χ0v) is 12.7. The van der Waals surface area contributed by atoms with Crippen molar-refractivity contribution in [1.29, 1.82) is 0 Å². The van der Waals surface area contributed by atoms with Gasteiger partial charge in [-0.1, -0.05) is 56.7 Å². The Balaban J connectivity index is 2.21. The smallest absolute Gasteiger partial charge is 0.120 e. The van der Waals surface area contributed by atoms with Crippen molar-refractivity contribution in [3.63, 3.8) is 0 Å². The third-order valence-corrected chi connectivity index (χ3v) is 3.44. The molecule has 0 unspecified atom stereocenters. The number of rotatable bonds is 3. The summed E-state index contributed by atoms with van der Waals surface area (Å²) in [5, 5.41) is 13.3. The number of benzene rings is 2. The normalized spacial score (nSPS) is 11.4. The summed E-state index contributed by atoms with van der Waals surface area (Å²) in [4.78, 5) is 0. The molecule has 2 nitrogen and oxygen atoms in total. The van der Waals surface area contributed by atoms with Crippen LogP contribution in [0.15, 0.2) is 42.5 Å². The minimum absolute atomic E-state index is 0.0955. The Morgan fingerprint density at radius 2 is 1.75 bits per heavy atom. The Labute approximate surface area is 121 Å². The van der Waals surface area contributed by atoms with Crippen LogP contribution in [0.4, 0.5) is 5.69 Å². The van der Waals surface area contributed by atoms with Crippen LogP contribution < -0.4 is 5.32 Å². The van der Waals surface area contributed by atoms with Gasteiger partial charge in [-0.25, -0.2) is 0 Å². The zero-order chi connectivity index (χ0) is 14.8. The van der Waals surface area contributed by atoms with Gasteiger partial charge in [-0.05, 0) is 30.0 Å². The molecule has 0 atom stereocenters. The van der Waals surface area contributed by atoms with Gasteiger partial charge >= 0.3 is 0 Å². The molecule has 0 aliphatic carbocycles. The van der Waals surface area contributed by atoms with Crippen molar-refractivity contribution in [2.45, 2.75) is 39.7 Å². The first kappa shape index (κ1) is 14.4. The molecule has 0 aliphatic heterocycles. The first-order valence-electron chi connectivity index (χ1n) is 7.00. The molecule has 2 aromatic rings. The van der Waals surface area contributed by atoms with Gasteiger partial charge in [-0.3, -0.25) is 0 Å². The molecule has 2 heteroatoms. The Kier molecular flexibility index (Phi) is 4.03. The van der Waals surface area contributed by atoms with Crippen LogP contribution >= 0.6 is 0 Å². The molecular weight excluding hydrogens is 246 g/mol. The second kappa shape index (κ2) is 5.58. The van der Waals surface area contributed by atoms with Crippen LogP contribution in [-0.4, -0.2) is 5.11 Å². The lowest BCUT2D eigenvalue weighted by Crippen LogP contribution is -2.14. The molecule has 0 aliphatic rings. The fourth-order valence-corrected chi connectivity index (χ4v) is 2.34. The summed E-state index contributed by atoms with van der Waals surface area (Å²) in [5.74, 6) is 0.344. The average Bonchev–Trinajstić information content (AvgIpc) is 2.39. The zero-order valence-electron chi connectivity index (χ0n) is 12.7. The van der Waals surface area contributed by atoms with Gasteiger partial charge in [0.15, 0.2) is 0 Å². The monoisotopic (exact) mass is 269 g/mol. The van der Waals surface area contributed by atoms with Crippen LogP contribution in [-0.2, 0) is 12.0 Å². The fourth-order valence-electron chi connectivity index (χ4n) is 2.34. The molecule has 0 fully saturated rings. The first-order valence-corrected chi connectivity index (χ1v) is 7.00. The molecule has 0 spiro atoms. The molecule has 20 heavy (non-hydrogen) atoms. The molecule has 0 aromatic heterocycles. The molecule has 0 bridgehead atoms. The molecule has 106 valence electrons. The van der Waals surface area contributed by atoms with E-state index in [0.717, 1.165) is 16.8 Å². The predicted octanol–water partition coefficient (Wildman–Crippen LogP) is 4.61. The number of nitrogens with one attached hydrogen (secondary N) is 1. The highest BCUT2D eigenvalue weighted by Gasteiger charge is 2.17. The molecular formula is C18H23NO. The Morgan fingerprint density at radius 3 is 2.45 bits per heavy atom. The second-order valence-corrected chi connectivity index (χ2v) is 6.28. The topological polar surface area (TPSA) is 32.3 Å². The van der Waals surface area contributed by atoms with Crippen molar-refractivity contribution in [1.82, 2.24) is 0 Å². The summed E-state index contributed by atoms with van der Waals surface area (Å²) in [7, 11) is 0. The van der Waals surface area contributed by atoms with Crippen molar-refractivity contribution in [2.75, 3.05) is 5.32 Å². The van der Waals surface area contributed by atoms with E-state index < -0.39 is 0 Å². The van der Waals surface area contributed by atoms with Crippen LogP contribution in [0.1, 0.15) is 37.5 Å². The first-order chi connectivity index (χ1) is 9.38. The number of para-hydroxylation sites is 1. The third kappa shape index (κ3) is 3.32. The van der Waals surface area contributed by atoms with Gasteiger partial charge in [0.05, 0.1) is 0 Å². The highest BCUT2D eigenvalue weighted by atomic mass is 16.3. The Bertz CT molecular complexity index is 597. The van der Waals surface area contributed by atoms with E-state index in [2.05, 4.69) is 44.3 Å². The largest absolute Gasteiger partial charge is 0.508 e. The maximum atomic E-state index is 9.90. The molecule has 2 rings (SSSR count). The Morgan fingerprint density at radius 1 is 1.05 bits per heavy atom. The highest BCUT2D eigenvalue weighted by Crippen LogP contribution is 2.30.